The van der Waals surface area contributed by atoms with Crippen molar-refractivity contribution in [2.75, 3.05) is 20.3 Å². The van der Waals surface area contributed by atoms with Crippen molar-refractivity contribution in [3.05, 3.63) is 75.1 Å². The van der Waals surface area contributed by atoms with Gasteiger partial charge in [0.1, 0.15) is 11.3 Å². The van der Waals surface area contributed by atoms with Crippen molar-refractivity contribution in [3.8, 4) is 5.75 Å². The number of hydrogen-bond donors (Lipinski definition) is 1. The molecule has 0 fully saturated rings. The highest BCUT2D eigenvalue weighted by atomic mass is 16.5. The van der Waals surface area contributed by atoms with Gasteiger partial charge in [-0.25, -0.2) is 4.79 Å². The third-order valence-corrected chi connectivity index (χ3v) is 5.73. The summed E-state index contributed by atoms with van der Waals surface area (Å²) in [5, 5.41) is 3.51. The van der Waals surface area contributed by atoms with E-state index in [-0.39, 0.29) is 31.1 Å². The van der Waals surface area contributed by atoms with Gasteiger partial charge in [0.2, 0.25) is 5.91 Å². The maximum Gasteiger partial charge on any atom is 0.339 e. The topological polar surface area (TPSA) is 112 Å². The lowest BCUT2D eigenvalue weighted by Gasteiger charge is -2.09. The molecule has 1 aromatic heterocycles. The van der Waals surface area contributed by atoms with Crippen LogP contribution in [0.2, 0.25) is 0 Å². The predicted molar refractivity (Wildman–Crippen MR) is 131 cm³/mol. The number of amides is 1. The summed E-state index contributed by atoms with van der Waals surface area (Å²) in [4.78, 5) is 47.9. The Bertz CT molecular complexity index is 1280. The number of nitrogens with one attached hydrogen (secondary N) is 1. The van der Waals surface area contributed by atoms with Gasteiger partial charge in [-0.15, -0.1) is 0 Å². The molecule has 3 rings (SSSR count). The van der Waals surface area contributed by atoms with Crippen LogP contribution in [0.5, 0.6) is 5.75 Å². The summed E-state index contributed by atoms with van der Waals surface area (Å²) >= 11 is 0. The Morgan fingerprint density at radius 2 is 1.77 bits per heavy atom. The number of hydrogen-bond acceptors (Lipinski definition) is 7. The van der Waals surface area contributed by atoms with E-state index in [1.807, 2.05) is 12.1 Å². The molecule has 8 nitrogen and oxygen atoms in total. The van der Waals surface area contributed by atoms with Crippen molar-refractivity contribution in [3.63, 3.8) is 0 Å². The van der Waals surface area contributed by atoms with E-state index >= 15 is 0 Å². The quantitative estimate of drug-likeness (QED) is 0.194. The molecule has 0 spiro atoms. The molecule has 1 N–H and O–H groups in total. The van der Waals surface area contributed by atoms with Crippen molar-refractivity contribution in [2.24, 2.45) is 0 Å². The Labute approximate surface area is 203 Å². The van der Waals surface area contributed by atoms with Crippen LogP contribution in [-0.4, -0.2) is 37.9 Å². The smallest absolute Gasteiger partial charge is 0.339 e. The van der Waals surface area contributed by atoms with E-state index in [1.165, 1.54) is 14.0 Å². The highest BCUT2D eigenvalue weighted by Crippen LogP contribution is 2.24. The fourth-order valence-corrected chi connectivity index (χ4v) is 3.73. The lowest BCUT2D eigenvalue weighted by Crippen LogP contribution is -2.21. The van der Waals surface area contributed by atoms with Crippen LogP contribution in [0.4, 0.5) is 0 Å². The summed E-state index contributed by atoms with van der Waals surface area (Å²) in [7, 11) is 1.53. The lowest BCUT2D eigenvalue weighted by molar-refractivity contribution is -0.142. The molecular formula is C27H29NO7. The third kappa shape index (κ3) is 7.02. The van der Waals surface area contributed by atoms with Crippen molar-refractivity contribution in [1.82, 2.24) is 5.32 Å². The lowest BCUT2D eigenvalue weighted by atomic mass is 10.0. The molecule has 0 bridgehead atoms. The zero-order valence-corrected chi connectivity index (χ0v) is 20.1. The summed E-state index contributed by atoms with van der Waals surface area (Å²) in [6.45, 7) is 3.51. The summed E-state index contributed by atoms with van der Waals surface area (Å²) in [6, 6.07) is 12.3. The van der Waals surface area contributed by atoms with Crippen molar-refractivity contribution < 1.29 is 28.3 Å². The molecule has 8 heteroatoms. The number of fused-ring (bicyclic) bond motifs is 1. The van der Waals surface area contributed by atoms with Gasteiger partial charge in [0.05, 0.1) is 7.11 Å². The largest absolute Gasteiger partial charge is 0.497 e. The number of benzene rings is 2. The minimum Gasteiger partial charge on any atom is -0.497 e. The first-order chi connectivity index (χ1) is 16.8. The fraction of sp³-hybridized carbons (Fsp3) is 0.333. The number of methoxy groups -OCH3 is 1. The van der Waals surface area contributed by atoms with Crippen LogP contribution >= 0.6 is 0 Å². The molecule has 184 valence electrons. The van der Waals surface area contributed by atoms with Crippen LogP contribution in [0.15, 0.2) is 51.7 Å². The molecular weight excluding hydrogens is 450 g/mol. The molecule has 0 radical (unpaired) electrons. The van der Waals surface area contributed by atoms with E-state index in [2.05, 4.69) is 5.32 Å². The van der Waals surface area contributed by atoms with Gasteiger partial charge in [0.15, 0.2) is 12.4 Å². The van der Waals surface area contributed by atoms with Crippen LogP contribution in [0.3, 0.4) is 0 Å². The number of Topliss-reactive ketones (excluding diaryl/α,β-unsaturated/α-hetero) is 1. The van der Waals surface area contributed by atoms with Crippen molar-refractivity contribution in [2.45, 2.75) is 39.5 Å². The number of rotatable bonds is 11. The summed E-state index contributed by atoms with van der Waals surface area (Å²) in [5.41, 5.74) is 2.54. The second-order valence-corrected chi connectivity index (χ2v) is 8.22. The van der Waals surface area contributed by atoms with Gasteiger partial charge in [-0.05, 0) is 49.4 Å². The van der Waals surface area contributed by atoms with Crippen LogP contribution in [0, 0.1) is 6.92 Å². The van der Waals surface area contributed by atoms with Gasteiger partial charge in [0.25, 0.3) is 0 Å². The van der Waals surface area contributed by atoms with E-state index in [0.717, 1.165) is 29.4 Å². The fourth-order valence-electron chi connectivity index (χ4n) is 3.73. The molecule has 1 amide bonds. The van der Waals surface area contributed by atoms with Crippen LogP contribution < -0.4 is 15.7 Å². The van der Waals surface area contributed by atoms with Gasteiger partial charge < -0.3 is 19.2 Å². The van der Waals surface area contributed by atoms with E-state index in [0.29, 0.717) is 29.0 Å². The Balaban J connectivity index is 1.50. The van der Waals surface area contributed by atoms with Gasteiger partial charge >= 0.3 is 11.6 Å². The standard InChI is InChI=1S/C27H29NO7/c1-17-22-11-10-21(33-3)15-25(22)35-27(32)23(17)12-13-26(31)34-16-24(30)20-8-6-19(7-9-20)5-4-14-28-18(2)29/h6-11,15H,4-5,12-14,16H2,1-3H3,(H,28,29). The number of esters is 1. The van der Waals surface area contributed by atoms with Crippen LogP contribution in [0.25, 0.3) is 11.0 Å². The van der Waals surface area contributed by atoms with Crippen LogP contribution in [-0.2, 0) is 27.2 Å². The Hall–Kier alpha value is -3.94. The second-order valence-electron chi connectivity index (χ2n) is 8.22. The molecule has 0 saturated carbocycles. The first kappa shape index (κ1) is 25.7. The van der Waals surface area contributed by atoms with Gasteiger partial charge in [-0.2, -0.15) is 0 Å². The number of aryl methyl sites for hydroxylation is 2. The third-order valence-electron chi connectivity index (χ3n) is 5.73. The average Bonchev–Trinajstić information content (AvgIpc) is 2.84. The summed E-state index contributed by atoms with van der Waals surface area (Å²) in [6.07, 6.45) is 1.68. The highest BCUT2D eigenvalue weighted by Gasteiger charge is 2.15. The van der Waals surface area contributed by atoms with Gasteiger partial charge in [-0.1, -0.05) is 24.3 Å². The maximum absolute atomic E-state index is 12.4. The Morgan fingerprint density at radius 1 is 1.03 bits per heavy atom. The molecule has 0 aliphatic carbocycles. The molecule has 0 atom stereocenters. The molecule has 0 saturated heterocycles. The number of carbonyl (C=O) groups is 3. The first-order valence-corrected chi connectivity index (χ1v) is 11.4. The predicted octanol–water partition coefficient (Wildman–Crippen LogP) is 3.54. The number of ether oxygens (including phenoxy) is 2. The normalized spacial score (nSPS) is 10.7. The second kappa shape index (κ2) is 12.0. The monoisotopic (exact) mass is 479 g/mol. The van der Waals surface area contributed by atoms with Crippen molar-refractivity contribution >= 4 is 28.6 Å². The van der Waals surface area contributed by atoms with Crippen molar-refractivity contribution in [1.29, 1.82) is 0 Å². The summed E-state index contributed by atoms with van der Waals surface area (Å²) in [5.74, 6) is -0.352. The molecule has 35 heavy (non-hydrogen) atoms. The molecule has 0 unspecified atom stereocenters. The zero-order chi connectivity index (χ0) is 25.4. The molecule has 0 aliphatic rings. The molecule has 0 aliphatic heterocycles. The SMILES string of the molecule is COc1ccc2c(C)c(CCC(=O)OCC(=O)c3ccc(CCCNC(C)=O)cc3)c(=O)oc2c1. The van der Waals surface area contributed by atoms with E-state index in [9.17, 15) is 19.2 Å². The molecule has 3 aromatic rings. The Morgan fingerprint density at radius 3 is 2.46 bits per heavy atom. The van der Waals surface area contributed by atoms with E-state index in [1.54, 1.807) is 37.3 Å². The average molecular weight is 480 g/mol. The van der Waals surface area contributed by atoms with E-state index in [4.69, 9.17) is 13.9 Å². The maximum atomic E-state index is 12.4. The summed E-state index contributed by atoms with van der Waals surface area (Å²) < 4.78 is 15.7. The van der Waals surface area contributed by atoms with Gasteiger partial charge in [0, 0.05) is 42.5 Å². The highest BCUT2D eigenvalue weighted by molar-refractivity contribution is 5.98. The van der Waals surface area contributed by atoms with Gasteiger partial charge in [-0.3, -0.25) is 14.4 Å². The Kier molecular flexibility index (Phi) is 8.78. The number of ketones is 1. The van der Waals surface area contributed by atoms with Crippen LogP contribution in [0.1, 0.15) is 46.8 Å². The molecule has 2 aromatic carbocycles. The molecule has 1 heterocycles. The first-order valence-electron chi connectivity index (χ1n) is 11.4. The number of carbonyl (C=O) groups excluding carboxylic acids is 3. The minimum atomic E-state index is -0.568. The zero-order valence-electron chi connectivity index (χ0n) is 20.1. The van der Waals surface area contributed by atoms with E-state index < -0.39 is 11.6 Å². The minimum absolute atomic E-state index is 0.0478.